The van der Waals surface area contributed by atoms with Crippen LogP contribution in [0.1, 0.15) is 401 Å². The van der Waals surface area contributed by atoms with Crippen LogP contribution in [-0.2, 0) is 65.4 Å². The van der Waals surface area contributed by atoms with Crippen molar-refractivity contribution in [2.75, 3.05) is 39.6 Å². The smallest absolute Gasteiger partial charge is 0.462 e. The SMILES string of the molecule is CCCCCCCCCCCCCCCCCCCCCCCCC(=O)O[C@H](COC(=O)CCCCCCCCCCCCCCC)COP(=O)(O)OC[C@@H](O)COP(=O)(O)OC[C@@H](COC(=O)CCCCCCCCCCC)OC(=O)CCCCCCCCCCC(C)C. The van der Waals surface area contributed by atoms with Gasteiger partial charge in [0.25, 0.3) is 0 Å². The summed E-state index contributed by atoms with van der Waals surface area (Å²) < 4.78 is 68.4. The molecule has 0 radical (unpaired) electrons. The molecule has 0 amide bonds. The summed E-state index contributed by atoms with van der Waals surface area (Å²) >= 11 is 0. The molecule has 0 aliphatic rings. The molecule has 0 aromatic heterocycles. The molecule has 0 bridgehead atoms. The Morgan fingerprint density at radius 2 is 0.484 bits per heavy atom. The van der Waals surface area contributed by atoms with E-state index in [0.29, 0.717) is 25.7 Å². The lowest BCUT2D eigenvalue weighted by Gasteiger charge is -2.21. The zero-order chi connectivity index (χ0) is 69.8. The Balaban J connectivity index is 5.16. The van der Waals surface area contributed by atoms with Crippen LogP contribution in [0, 0.1) is 5.92 Å². The van der Waals surface area contributed by atoms with Crippen LogP contribution in [0.2, 0.25) is 0 Å². The van der Waals surface area contributed by atoms with Crippen LogP contribution in [0.15, 0.2) is 0 Å². The number of carbonyl (C=O) groups excluding carboxylic acids is 4. The van der Waals surface area contributed by atoms with Gasteiger partial charge in [0, 0.05) is 25.7 Å². The normalized spacial score (nSPS) is 13.9. The first kappa shape index (κ1) is 93.1. The molecule has 95 heavy (non-hydrogen) atoms. The van der Waals surface area contributed by atoms with Crippen molar-refractivity contribution < 1.29 is 80.2 Å². The van der Waals surface area contributed by atoms with Crippen LogP contribution in [0.25, 0.3) is 0 Å². The largest absolute Gasteiger partial charge is 0.472 e. The fourth-order valence-electron chi connectivity index (χ4n) is 11.7. The summed E-state index contributed by atoms with van der Waals surface area (Å²) in [6.45, 7) is 7.23. The molecule has 19 heteroatoms. The molecule has 0 aliphatic carbocycles. The van der Waals surface area contributed by atoms with E-state index in [0.717, 1.165) is 95.8 Å². The molecule has 0 saturated heterocycles. The number of phosphoric ester groups is 2. The van der Waals surface area contributed by atoms with Crippen molar-refractivity contribution in [1.29, 1.82) is 0 Å². The lowest BCUT2D eigenvalue weighted by Crippen LogP contribution is -2.30. The van der Waals surface area contributed by atoms with Crippen molar-refractivity contribution in [2.45, 2.75) is 419 Å². The first-order valence-corrected chi connectivity index (χ1v) is 42.6. The zero-order valence-corrected chi connectivity index (χ0v) is 63.6. The van der Waals surface area contributed by atoms with Gasteiger partial charge in [-0.05, 0) is 31.6 Å². The van der Waals surface area contributed by atoms with E-state index < -0.39 is 97.5 Å². The van der Waals surface area contributed by atoms with Gasteiger partial charge < -0.3 is 33.8 Å². The molecular weight excluding hydrogens is 1250 g/mol. The van der Waals surface area contributed by atoms with E-state index in [1.54, 1.807) is 0 Å². The number of aliphatic hydroxyl groups excluding tert-OH is 1. The van der Waals surface area contributed by atoms with Crippen molar-refractivity contribution in [3.05, 3.63) is 0 Å². The summed E-state index contributed by atoms with van der Waals surface area (Å²) in [6, 6.07) is 0. The summed E-state index contributed by atoms with van der Waals surface area (Å²) in [6.07, 6.45) is 58.5. The van der Waals surface area contributed by atoms with Gasteiger partial charge in [0.05, 0.1) is 26.4 Å². The summed E-state index contributed by atoms with van der Waals surface area (Å²) in [7, 11) is -9.90. The van der Waals surface area contributed by atoms with Gasteiger partial charge in [-0.2, -0.15) is 0 Å². The highest BCUT2D eigenvalue weighted by Gasteiger charge is 2.30. The number of unbranched alkanes of at least 4 members (excludes halogenated alkanes) is 48. The number of phosphoric acid groups is 2. The Hall–Kier alpha value is -1.94. The molecule has 3 N–H and O–H groups in total. The van der Waals surface area contributed by atoms with Crippen molar-refractivity contribution in [3.8, 4) is 0 Å². The standard InChI is InChI=1S/C76H148O17P2/c1-6-9-12-15-18-21-23-25-26-27-28-29-30-31-32-33-35-37-40-46-51-56-61-75(80)92-71(66-87-74(79)60-55-50-45-39-36-34-24-22-19-16-13-10-7-2)67-90-94(82,83)88-63-70(77)64-89-95(84,85)91-68-72(65-86-73(78)59-54-49-44-38-20-17-14-11-8-3)93-76(81)62-57-52-47-42-41-43-48-53-58-69(4)5/h69-72,77H,6-68H2,1-5H3,(H,82,83)(H,84,85)/t70-,71-,72-/m1/s1. The van der Waals surface area contributed by atoms with Crippen molar-refractivity contribution in [3.63, 3.8) is 0 Å². The fraction of sp³-hybridized carbons (Fsp3) is 0.947. The van der Waals surface area contributed by atoms with Gasteiger partial charge >= 0.3 is 39.5 Å². The number of rotatable bonds is 76. The molecule has 2 unspecified atom stereocenters. The molecule has 0 aromatic carbocycles. The summed E-state index contributed by atoms with van der Waals surface area (Å²) in [5, 5.41) is 10.6. The number of ether oxygens (including phenoxy) is 4. The van der Waals surface area contributed by atoms with E-state index in [9.17, 15) is 43.2 Å². The van der Waals surface area contributed by atoms with E-state index in [2.05, 4.69) is 34.6 Å². The highest BCUT2D eigenvalue weighted by molar-refractivity contribution is 7.47. The molecule has 564 valence electrons. The van der Waals surface area contributed by atoms with Gasteiger partial charge in [-0.25, -0.2) is 9.13 Å². The lowest BCUT2D eigenvalue weighted by atomic mass is 10.0. The number of esters is 4. The van der Waals surface area contributed by atoms with Crippen LogP contribution in [0.4, 0.5) is 0 Å². The second-order valence-electron chi connectivity index (χ2n) is 27.9. The van der Waals surface area contributed by atoms with Gasteiger partial charge in [-0.3, -0.25) is 37.3 Å². The molecule has 0 saturated carbocycles. The molecule has 5 atom stereocenters. The van der Waals surface area contributed by atoms with Gasteiger partial charge in [-0.15, -0.1) is 0 Å². The van der Waals surface area contributed by atoms with E-state index in [1.807, 2.05) is 0 Å². The highest BCUT2D eigenvalue weighted by Crippen LogP contribution is 2.45. The third kappa shape index (κ3) is 70.3. The van der Waals surface area contributed by atoms with Crippen LogP contribution in [-0.4, -0.2) is 96.7 Å². The molecular formula is C76H148O17P2. The maximum atomic E-state index is 13.1. The first-order valence-electron chi connectivity index (χ1n) is 39.6. The zero-order valence-electron chi connectivity index (χ0n) is 61.8. The molecule has 17 nitrogen and oxygen atoms in total. The third-order valence-corrected chi connectivity index (χ3v) is 19.7. The summed E-state index contributed by atoms with van der Waals surface area (Å²) in [4.78, 5) is 72.7. The number of carbonyl (C=O) groups is 4. The minimum Gasteiger partial charge on any atom is -0.462 e. The maximum absolute atomic E-state index is 13.1. The monoisotopic (exact) mass is 1400 g/mol. The van der Waals surface area contributed by atoms with Crippen LogP contribution >= 0.6 is 15.6 Å². The van der Waals surface area contributed by atoms with Gasteiger partial charge in [0.2, 0.25) is 0 Å². The summed E-state index contributed by atoms with van der Waals surface area (Å²) in [5.74, 6) is -1.40. The van der Waals surface area contributed by atoms with Crippen LogP contribution < -0.4 is 0 Å². The number of aliphatic hydroxyl groups is 1. The third-order valence-electron chi connectivity index (χ3n) is 17.8. The quantitative estimate of drug-likeness (QED) is 0.0222. The lowest BCUT2D eigenvalue weighted by molar-refractivity contribution is -0.161. The molecule has 0 spiro atoms. The molecule has 0 aliphatic heterocycles. The summed E-state index contributed by atoms with van der Waals surface area (Å²) in [5.41, 5.74) is 0. The van der Waals surface area contributed by atoms with Crippen molar-refractivity contribution >= 4 is 39.5 Å². The average molecular weight is 1400 g/mol. The first-order chi connectivity index (χ1) is 46.0. The van der Waals surface area contributed by atoms with Gasteiger partial charge in [0.15, 0.2) is 12.2 Å². The minimum atomic E-state index is -4.96. The average Bonchev–Trinajstić information content (AvgIpc) is 2.24. The van der Waals surface area contributed by atoms with Gasteiger partial charge in [0.1, 0.15) is 19.3 Å². The minimum absolute atomic E-state index is 0.105. The molecule has 0 rings (SSSR count). The predicted molar refractivity (Wildman–Crippen MR) is 386 cm³/mol. The Labute approximate surface area is 581 Å². The van der Waals surface area contributed by atoms with E-state index >= 15 is 0 Å². The van der Waals surface area contributed by atoms with Crippen molar-refractivity contribution in [1.82, 2.24) is 0 Å². The Bertz CT molecular complexity index is 1820. The highest BCUT2D eigenvalue weighted by atomic mass is 31.2. The predicted octanol–water partition coefficient (Wildman–Crippen LogP) is 22.5. The number of hydrogen-bond donors (Lipinski definition) is 3. The van der Waals surface area contributed by atoms with Gasteiger partial charge in [-0.1, -0.05) is 349 Å². The van der Waals surface area contributed by atoms with Crippen LogP contribution in [0.3, 0.4) is 0 Å². The molecule has 0 aromatic rings. The second kappa shape index (κ2) is 69.2. The maximum Gasteiger partial charge on any atom is 0.472 e. The van der Waals surface area contributed by atoms with Crippen molar-refractivity contribution in [2.24, 2.45) is 5.92 Å². The van der Waals surface area contributed by atoms with E-state index in [4.69, 9.17) is 37.0 Å². The Morgan fingerprint density at radius 1 is 0.284 bits per heavy atom. The van der Waals surface area contributed by atoms with E-state index in [1.165, 1.54) is 225 Å². The Kier molecular flexibility index (Phi) is 67.7. The van der Waals surface area contributed by atoms with Crippen LogP contribution in [0.5, 0.6) is 0 Å². The number of hydrogen-bond acceptors (Lipinski definition) is 15. The topological polar surface area (TPSA) is 237 Å². The van der Waals surface area contributed by atoms with E-state index in [-0.39, 0.29) is 25.7 Å². The fourth-order valence-corrected chi connectivity index (χ4v) is 13.3. The Morgan fingerprint density at radius 3 is 0.716 bits per heavy atom. The molecule has 0 fully saturated rings. The second-order valence-corrected chi connectivity index (χ2v) is 30.8. The molecule has 0 heterocycles.